The van der Waals surface area contributed by atoms with Gasteiger partial charge in [0.05, 0.1) is 5.92 Å². The zero-order valence-corrected chi connectivity index (χ0v) is 9.34. The maximum Gasteiger partial charge on any atom is 0.307 e. The van der Waals surface area contributed by atoms with E-state index in [-0.39, 0.29) is 11.3 Å². The van der Waals surface area contributed by atoms with Gasteiger partial charge in [0, 0.05) is 0 Å². The molecule has 80 valence electrons. The molecule has 2 fully saturated rings. The Labute approximate surface area is 85.7 Å². The average Bonchev–Trinajstić information content (AvgIpc) is 2.87. The molecule has 0 aromatic carbocycles. The first-order valence-electron chi connectivity index (χ1n) is 5.58. The zero-order chi connectivity index (χ0) is 10.6. The summed E-state index contributed by atoms with van der Waals surface area (Å²) >= 11 is 0. The lowest BCUT2D eigenvalue weighted by Gasteiger charge is -2.10. The lowest BCUT2D eigenvalue weighted by atomic mass is 9.95. The van der Waals surface area contributed by atoms with Gasteiger partial charge in [-0.1, -0.05) is 20.8 Å². The van der Waals surface area contributed by atoms with Gasteiger partial charge in [0.1, 0.15) is 0 Å². The second kappa shape index (κ2) is 2.74. The molecule has 0 spiro atoms. The number of aliphatic carboxylic acids is 1. The summed E-state index contributed by atoms with van der Waals surface area (Å²) in [5, 5.41) is 8.87. The van der Waals surface area contributed by atoms with E-state index in [0.717, 1.165) is 18.8 Å². The van der Waals surface area contributed by atoms with Crippen LogP contribution in [0.25, 0.3) is 0 Å². The van der Waals surface area contributed by atoms with Crippen LogP contribution in [-0.4, -0.2) is 11.1 Å². The quantitative estimate of drug-likeness (QED) is 0.750. The summed E-state index contributed by atoms with van der Waals surface area (Å²) in [5.41, 5.74) is 0.675. The molecule has 0 aromatic heterocycles. The largest absolute Gasteiger partial charge is 0.481 e. The van der Waals surface area contributed by atoms with E-state index in [1.54, 1.807) is 0 Å². The van der Waals surface area contributed by atoms with E-state index in [0.29, 0.717) is 5.41 Å². The van der Waals surface area contributed by atoms with Crippen molar-refractivity contribution in [1.29, 1.82) is 0 Å². The number of carbonyl (C=O) groups is 1. The first-order chi connectivity index (χ1) is 6.35. The minimum atomic E-state index is -0.595. The number of hydrogen-bond donors (Lipinski definition) is 1. The van der Waals surface area contributed by atoms with Crippen molar-refractivity contribution in [2.24, 2.45) is 22.7 Å². The highest BCUT2D eigenvalue weighted by Gasteiger charge is 2.55. The summed E-state index contributed by atoms with van der Waals surface area (Å²) in [5.74, 6) is 0.210. The molecule has 14 heavy (non-hydrogen) atoms. The fraction of sp³-hybridized carbons (Fsp3) is 0.917. The van der Waals surface area contributed by atoms with Crippen LogP contribution in [-0.2, 0) is 4.79 Å². The molecule has 0 bridgehead atoms. The average molecular weight is 196 g/mol. The van der Waals surface area contributed by atoms with Crippen LogP contribution >= 0.6 is 0 Å². The third kappa shape index (κ3) is 1.67. The van der Waals surface area contributed by atoms with Gasteiger partial charge in [-0.3, -0.25) is 4.79 Å². The van der Waals surface area contributed by atoms with E-state index in [2.05, 4.69) is 20.8 Å². The van der Waals surface area contributed by atoms with Crippen LogP contribution in [0.2, 0.25) is 0 Å². The van der Waals surface area contributed by atoms with Gasteiger partial charge in [0.15, 0.2) is 0 Å². The summed E-state index contributed by atoms with van der Waals surface area (Å²) in [7, 11) is 0. The maximum atomic E-state index is 10.8. The summed E-state index contributed by atoms with van der Waals surface area (Å²) in [6.07, 6.45) is 4.57. The van der Waals surface area contributed by atoms with Crippen LogP contribution in [0.3, 0.4) is 0 Å². The van der Waals surface area contributed by atoms with E-state index in [1.165, 1.54) is 12.8 Å². The zero-order valence-electron chi connectivity index (χ0n) is 9.34. The molecule has 0 aromatic rings. The SMILES string of the molecule is CC1(C)CC1CCC1(C)CC1C(=O)O. The van der Waals surface area contributed by atoms with Crippen molar-refractivity contribution in [3.05, 3.63) is 0 Å². The predicted octanol–water partition coefficient (Wildman–Crippen LogP) is 2.92. The lowest BCUT2D eigenvalue weighted by Crippen LogP contribution is -2.07. The van der Waals surface area contributed by atoms with E-state index < -0.39 is 5.97 Å². The normalized spacial score (nSPS) is 43.4. The fourth-order valence-corrected chi connectivity index (χ4v) is 2.64. The number of rotatable bonds is 4. The number of carboxylic acid groups (broad SMARTS) is 1. The van der Waals surface area contributed by atoms with Crippen LogP contribution in [0.5, 0.6) is 0 Å². The second-order valence-corrected chi connectivity index (χ2v) is 6.18. The standard InChI is InChI=1S/C12H20O2/c1-11(2)6-8(11)4-5-12(3)7-9(12)10(13)14/h8-9H,4-7H2,1-3H3,(H,13,14). The van der Waals surface area contributed by atoms with Crippen LogP contribution in [0.15, 0.2) is 0 Å². The lowest BCUT2D eigenvalue weighted by molar-refractivity contribution is -0.139. The summed E-state index contributed by atoms with van der Waals surface area (Å²) < 4.78 is 0. The van der Waals surface area contributed by atoms with Crippen molar-refractivity contribution >= 4 is 5.97 Å². The fourth-order valence-electron chi connectivity index (χ4n) is 2.64. The Balaban J connectivity index is 1.75. The van der Waals surface area contributed by atoms with E-state index in [4.69, 9.17) is 5.11 Å². The summed E-state index contributed by atoms with van der Waals surface area (Å²) in [4.78, 5) is 10.8. The highest BCUT2D eigenvalue weighted by atomic mass is 16.4. The van der Waals surface area contributed by atoms with Crippen molar-refractivity contribution in [2.45, 2.75) is 46.5 Å². The van der Waals surface area contributed by atoms with Crippen LogP contribution < -0.4 is 0 Å². The van der Waals surface area contributed by atoms with Gasteiger partial charge in [-0.05, 0) is 42.4 Å². The van der Waals surface area contributed by atoms with E-state index >= 15 is 0 Å². The molecule has 0 saturated heterocycles. The van der Waals surface area contributed by atoms with Crippen molar-refractivity contribution in [1.82, 2.24) is 0 Å². The molecule has 0 aliphatic heterocycles. The Morgan fingerprint density at radius 3 is 2.29 bits per heavy atom. The number of carboxylic acids is 1. The van der Waals surface area contributed by atoms with Gasteiger partial charge in [-0.2, -0.15) is 0 Å². The topological polar surface area (TPSA) is 37.3 Å². The van der Waals surface area contributed by atoms with Gasteiger partial charge in [0.25, 0.3) is 0 Å². The number of hydrogen-bond acceptors (Lipinski definition) is 1. The summed E-state index contributed by atoms with van der Waals surface area (Å²) in [6, 6.07) is 0. The molecule has 3 unspecified atom stereocenters. The minimum Gasteiger partial charge on any atom is -0.481 e. The molecule has 0 radical (unpaired) electrons. The van der Waals surface area contributed by atoms with Crippen molar-refractivity contribution in [3.63, 3.8) is 0 Å². The Hall–Kier alpha value is -0.530. The molecular formula is C12H20O2. The smallest absolute Gasteiger partial charge is 0.307 e. The Kier molecular flexibility index (Phi) is 1.96. The third-order valence-corrected chi connectivity index (χ3v) is 4.43. The predicted molar refractivity (Wildman–Crippen MR) is 55.0 cm³/mol. The van der Waals surface area contributed by atoms with Gasteiger partial charge in [-0.25, -0.2) is 0 Å². The highest BCUT2D eigenvalue weighted by molar-refractivity contribution is 5.74. The minimum absolute atomic E-state index is 0.0515. The van der Waals surface area contributed by atoms with Crippen molar-refractivity contribution in [3.8, 4) is 0 Å². The molecule has 2 rings (SSSR count). The molecule has 2 aliphatic rings. The Morgan fingerprint density at radius 2 is 1.93 bits per heavy atom. The molecule has 0 amide bonds. The van der Waals surface area contributed by atoms with Gasteiger partial charge < -0.3 is 5.11 Å². The van der Waals surface area contributed by atoms with E-state index in [9.17, 15) is 4.79 Å². The van der Waals surface area contributed by atoms with E-state index in [1.807, 2.05) is 0 Å². The Morgan fingerprint density at radius 1 is 1.36 bits per heavy atom. The first-order valence-corrected chi connectivity index (χ1v) is 5.58. The van der Waals surface area contributed by atoms with Gasteiger partial charge in [0.2, 0.25) is 0 Å². The second-order valence-electron chi connectivity index (χ2n) is 6.18. The Bertz CT molecular complexity index is 269. The molecule has 1 N–H and O–H groups in total. The first kappa shape index (κ1) is 10.0. The van der Waals surface area contributed by atoms with Crippen LogP contribution in [0.1, 0.15) is 46.5 Å². The molecule has 2 heteroatoms. The summed E-state index contributed by atoms with van der Waals surface area (Å²) in [6.45, 7) is 6.74. The molecule has 0 heterocycles. The molecule has 2 aliphatic carbocycles. The molecule has 2 saturated carbocycles. The maximum absolute atomic E-state index is 10.8. The molecule has 3 atom stereocenters. The third-order valence-electron chi connectivity index (χ3n) is 4.43. The van der Waals surface area contributed by atoms with Gasteiger partial charge >= 0.3 is 5.97 Å². The van der Waals surface area contributed by atoms with Gasteiger partial charge in [-0.15, -0.1) is 0 Å². The highest BCUT2D eigenvalue weighted by Crippen LogP contribution is 2.60. The van der Waals surface area contributed by atoms with Crippen molar-refractivity contribution in [2.75, 3.05) is 0 Å². The van der Waals surface area contributed by atoms with Crippen LogP contribution in [0, 0.1) is 22.7 Å². The molecular weight excluding hydrogens is 176 g/mol. The monoisotopic (exact) mass is 196 g/mol. The van der Waals surface area contributed by atoms with Crippen LogP contribution in [0.4, 0.5) is 0 Å². The molecule has 2 nitrogen and oxygen atoms in total. The van der Waals surface area contributed by atoms with Crippen molar-refractivity contribution < 1.29 is 9.90 Å².